The molecule has 0 spiro atoms. The van der Waals surface area contributed by atoms with Crippen LogP contribution < -0.4 is 4.74 Å². The molecule has 0 saturated carbocycles. The van der Waals surface area contributed by atoms with E-state index in [4.69, 9.17) is 16.3 Å². The summed E-state index contributed by atoms with van der Waals surface area (Å²) in [6.45, 7) is 2.73. The molecule has 0 aliphatic heterocycles. The van der Waals surface area contributed by atoms with Crippen LogP contribution in [-0.4, -0.2) is 21.6 Å². The molecule has 88 valence electrons. The van der Waals surface area contributed by atoms with Crippen LogP contribution in [0.2, 0.25) is 5.28 Å². The van der Waals surface area contributed by atoms with E-state index in [9.17, 15) is 0 Å². The summed E-state index contributed by atoms with van der Waals surface area (Å²) in [6, 6.07) is 3.67. The molecule has 0 aliphatic carbocycles. The molecule has 0 N–H and O–H groups in total. The van der Waals surface area contributed by atoms with E-state index >= 15 is 0 Å². The number of rotatable bonds is 4. The van der Waals surface area contributed by atoms with Gasteiger partial charge in [0.1, 0.15) is 5.75 Å². The van der Waals surface area contributed by atoms with Gasteiger partial charge in [-0.25, -0.2) is 9.97 Å². The lowest BCUT2D eigenvalue weighted by Crippen LogP contribution is -1.96. The predicted octanol–water partition coefficient (Wildman–Crippen LogP) is 2.98. The Hall–Kier alpha value is -1.68. The summed E-state index contributed by atoms with van der Waals surface area (Å²) in [5.74, 6) is 0.735. The Morgan fingerprint density at radius 2 is 2.24 bits per heavy atom. The summed E-state index contributed by atoms with van der Waals surface area (Å²) in [5, 5.41) is 0.224. The van der Waals surface area contributed by atoms with E-state index in [0.29, 0.717) is 6.61 Å². The van der Waals surface area contributed by atoms with Gasteiger partial charge in [-0.2, -0.15) is 0 Å². The van der Waals surface area contributed by atoms with Gasteiger partial charge >= 0.3 is 0 Å². The quantitative estimate of drug-likeness (QED) is 0.782. The van der Waals surface area contributed by atoms with Gasteiger partial charge in [0.05, 0.1) is 18.5 Å². The monoisotopic (exact) mass is 249 g/mol. The topological polar surface area (TPSA) is 47.9 Å². The summed E-state index contributed by atoms with van der Waals surface area (Å²) >= 11 is 5.74. The van der Waals surface area contributed by atoms with Gasteiger partial charge in [-0.15, -0.1) is 0 Å². The van der Waals surface area contributed by atoms with Crippen LogP contribution in [-0.2, 0) is 0 Å². The van der Waals surface area contributed by atoms with Crippen molar-refractivity contribution in [1.82, 2.24) is 15.0 Å². The summed E-state index contributed by atoms with van der Waals surface area (Å²) < 4.78 is 5.51. The highest BCUT2D eigenvalue weighted by molar-refractivity contribution is 6.28. The number of nitrogens with zero attached hydrogens (tertiary/aromatic N) is 3. The fourth-order valence-electron chi connectivity index (χ4n) is 1.35. The first-order valence-corrected chi connectivity index (χ1v) is 5.74. The number of pyridine rings is 1. The van der Waals surface area contributed by atoms with Crippen molar-refractivity contribution in [2.75, 3.05) is 6.61 Å². The molecule has 2 rings (SSSR count). The number of hydrogen-bond donors (Lipinski definition) is 0. The highest BCUT2D eigenvalue weighted by Crippen LogP contribution is 2.21. The van der Waals surface area contributed by atoms with Crippen LogP contribution in [0.25, 0.3) is 11.3 Å². The van der Waals surface area contributed by atoms with Crippen LogP contribution in [0.1, 0.15) is 13.3 Å². The van der Waals surface area contributed by atoms with E-state index in [2.05, 4.69) is 21.9 Å². The predicted molar refractivity (Wildman–Crippen MR) is 66.1 cm³/mol. The summed E-state index contributed by atoms with van der Waals surface area (Å²) in [6.07, 6.45) is 5.98. The van der Waals surface area contributed by atoms with Gasteiger partial charge in [-0.05, 0) is 30.2 Å². The zero-order chi connectivity index (χ0) is 12.1. The molecule has 17 heavy (non-hydrogen) atoms. The molecule has 4 nitrogen and oxygen atoms in total. The molecule has 0 aromatic carbocycles. The van der Waals surface area contributed by atoms with Crippen molar-refractivity contribution in [2.24, 2.45) is 0 Å². The molecule has 0 aliphatic rings. The van der Waals surface area contributed by atoms with Crippen molar-refractivity contribution in [2.45, 2.75) is 13.3 Å². The lowest BCUT2D eigenvalue weighted by atomic mass is 10.2. The van der Waals surface area contributed by atoms with Gasteiger partial charge in [-0.3, -0.25) is 4.98 Å². The Morgan fingerprint density at radius 1 is 1.35 bits per heavy atom. The number of aromatic nitrogens is 3. The second-order valence-corrected chi connectivity index (χ2v) is 3.81. The zero-order valence-electron chi connectivity index (χ0n) is 9.43. The Labute approximate surface area is 105 Å². The van der Waals surface area contributed by atoms with E-state index in [1.54, 1.807) is 24.7 Å². The van der Waals surface area contributed by atoms with Gasteiger partial charge in [0, 0.05) is 18.0 Å². The Bertz CT molecular complexity index is 505. The molecule has 0 fully saturated rings. The first-order valence-electron chi connectivity index (χ1n) is 5.36. The SMILES string of the molecule is CCCOc1cncc(-c2ccnc(Cl)n2)c1. The maximum atomic E-state index is 5.74. The second-order valence-electron chi connectivity index (χ2n) is 3.47. The number of halogens is 1. The molecule has 0 saturated heterocycles. The van der Waals surface area contributed by atoms with Crippen molar-refractivity contribution in [3.63, 3.8) is 0 Å². The third kappa shape index (κ3) is 3.14. The molecule has 0 unspecified atom stereocenters. The highest BCUT2D eigenvalue weighted by Gasteiger charge is 2.03. The minimum Gasteiger partial charge on any atom is -0.492 e. The zero-order valence-corrected chi connectivity index (χ0v) is 10.2. The molecule has 0 atom stereocenters. The largest absolute Gasteiger partial charge is 0.492 e. The molecule has 2 aromatic heterocycles. The Kier molecular flexibility index (Phi) is 3.88. The van der Waals surface area contributed by atoms with E-state index in [1.807, 2.05) is 6.07 Å². The third-order valence-electron chi connectivity index (χ3n) is 2.11. The fraction of sp³-hybridized carbons (Fsp3) is 0.250. The maximum absolute atomic E-state index is 5.74. The van der Waals surface area contributed by atoms with Crippen molar-refractivity contribution in [1.29, 1.82) is 0 Å². The summed E-state index contributed by atoms with van der Waals surface area (Å²) in [5.41, 5.74) is 1.60. The number of hydrogen-bond acceptors (Lipinski definition) is 4. The van der Waals surface area contributed by atoms with Gasteiger partial charge in [0.15, 0.2) is 0 Å². The van der Waals surface area contributed by atoms with Crippen LogP contribution in [0.5, 0.6) is 5.75 Å². The lowest BCUT2D eigenvalue weighted by molar-refractivity contribution is 0.316. The van der Waals surface area contributed by atoms with Gasteiger partial charge < -0.3 is 4.74 Å². The van der Waals surface area contributed by atoms with Gasteiger partial charge in [-0.1, -0.05) is 6.92 Å². The smallest absolute Gasteiger partial charge is 0.222 e. The Balaban J connectivity index is 2.26. The molecule has 0 bridgehead atoms. The average molecular weight is 250 g/mol. The van der Waals surface area contributed by atoms with E-state index < -0.39 is 0 Å². The first kappa shape index (κ1) is 11.8. The molecule has 2 aromatic rings. The standard InChI is InChI=1S/C12H12ClN3O/c1-2-5-17-10-6-9(7-14-8-10)11-3-4-15-12(13)16-11/h3-4,6-8H,2,5H2,1H3. The molecule has 5 heteroatoms. The fourth-order valence-corrected chi connectivity index (χ4v) is 1.50. The van der Waals surface area contributed by atoms with Crippen LogP contribution >= 0.6 is 11.6 Å². The lowest BCUT2D eigenvalue weighted by Gasteiger charge is -2.05. The van der Waals surface area contributed by atoms with Gasteiger partial charge in [0.25, 0.3) is 0 Å². The van der Waals surface area contributed by atoms with Crippen molar-refractivity contribution < 1.29 is 4.74 Å². The minimum atomic E-state index is 0.224. The summed E-state index contributed by atoms with van der Waals surface area (Å²) in [4.78, 5) is 12.1. The minimum absolute atomic E-state index is 0.224. The van der Waals surface area contributed by atoms with E-state index in [-0.39, 0.29) is 5.28 Å². The van der Waals surface area contributed by atoms with Crippen molar-refractivity contribution in [3.8, 4) is 17.0 Å². The first-order chi connectivity index (χ1) is 8.29. The molecule has 0 amide bonds. The highest BCUT2D eigenvalue weighted by atomic mass is 35.5. The molecule has 2 heterocycles. The maximum Gasteiger partial charge on any atom is 0.222 e. The van der Waals surface area contributed by atoms with Crippen LogP contribution in [0.15, 0.2) is 30.7 Å². The van der Waals surface area contributed by atoms with Gasteiger partial charge in [0.2, 0.25) is 5.28 Å². The summed E-state index contributed by atoms with van der Waals surface area (Å²) in [7, 11) is 0. The second kappa shape index (κ2) is 5.59. The van der Waals surface area contributed by atoms with Crippen molar-refractivity contribution in [3.05, 3.63) is 36.0 Å². The van der Waals surface area contributed by atoms with E-state index in [1.165, 1.54) is 0 Å². The molecule has 0 radical (unpaired) electrons. The van der Waals surface area contributed by atoms with E-state index in [0.717, 1.165) is 23.4 Å². The average Bonchev–Trinajstić information content (AvgIpc) is 2.37. The molecular formula is C12H12ClN3O. The van der Waals surface area contributed by atoms with Crippen molar-refractivity contribution >= 4 is 11.6 Å². The number of ether oxygens (including phenoxy) is 1. The normalized spacial score (nSPS) is 10.2. The Morgan fingerprint density at radius 3 is 3.00 bits per heavy atom. The third-order valence-corrected chi connectivity index (χ3v) is 2.29. The van der Waals surface area contributed by atoms with Crippen LogP contribution in [0, 0.1) is 0 Å². The molecular weight excluding hydrogens is 238 g/mol. The van der Waals surface area contributed by atoms with Crippen LogP contribution in [0.3, 0.4) is 0 Å². The van der Waals surface area contributed by atoms with Crippen LogP contribution in [0.4, 0.5) is 0 Å².